The zero-order valence-electron chi connectivity index (χ0n) is 13.0. The molecule has 5 heteroatoms. The van der Waals surface area contributed by atoms with Gasteiger partial charge in [0.05, 0.1) is 24.0 Å². The van der Waals surface area contributed by atoms with Gasteiger partial charge in [0.2, 0.25) is 0 Å². The molecule has 2 N–H and O–H groups in total. The molecule has 0 aliphatic heterocycles. The number of pyridine rings is 1. The van der Waals surface area contributed by atoms with Gasteiger partial charge >= 0.3 is 6.03 Å². The molecule has 0 aliphatic rings. The third-order valence-electron chi connectivity index (χ3n) is 3.60. The number of benzene rings is 2. The number of carbonyl (C=O) groups is 1. The summed E-state index contributed by atoms with van der Waals surface area (Å²) in [5, 5.41) is 0.861. The van der Waals surface area contributed by atoms with Crippen LogP contribution in [0, 0.1) is 6.92 Å². The Bertz CT molecular complexity index is 877. The van der Waals surface area contributed by atoms with Gasteiger partial charge in [0.1, 0.15) is 5.75 Å². The van der Waals surface area contributed by atoms with Crippen molar-refractivity contribution in [2.75, 3.05) is 12.0 Å². The van der Waals surface area contributed by atoms with Crippen LogP contribution in [0.4, 0.5) is 16.2 Å². The second-order valence-electron chi connectivity index (χ2n) is 5.18. The molecule has 2 aromatic carbocycles. The fourth-order valence-electron chi connectivity index (χ4n) is 2.61. The van der Waals surface area contributed by atoms with Crippen LogP contribution < -0.4 is 15.4 Å². The minimum absolute atomic E-state index is 0.561. The number of aromatic nitrogens is 1. The number of rotatable bonds is 3. The van der Waals surface area contributed by atoms with E-state index in [2.05, 4.69) is 4.98 Å². The summed E-state index contributed by atoms with van der Waals surface area (Å²) in [4.78, 5) is 18.1. The number of carbonyl (C=O) groups excluding carboxylic acids is 1. The molecule has 5 nitrogen and oxygen atoms in total. The Kier molecular flexibility index (Phi) is 3.85. The molecule has 3 aromatic rings. The van der Waals surface area contributed by atoms with E-state index in [1.165, 1.54) is 4.90 Å². The van der Waals surface area contributed by atoms with Crippen LogP contribution in [0.15, 0.2) is 54.6 Å². The summed E-state index contributed by atoms with van der Waals surface area (Å²) >= 11 is 0. The smallest absolute Gasteiger partial charge is 0.323 e. The zero-order chi connectivity index (χ0) is 16.4. The van der Waals surface area contributed by atoms with Crippen LogP contribution in [0.3, 0.4) is 0 Å². The number of nitrogens with zero attached hydrogens (tertiary/aromatic N) is 2. The first-order chi connectivity index (χ1) is 11.1. The Labute approximate surface area is 134 Å². The van der Waals surface area contributed by atoms with E-state index in [0.717, 1.165) is 16.6 Å². The van der Waals surface area contributed by atoms with E-state index in [1.807, 2.05) is 55.5 Å². The molecular formula is C18H17N3O2. The predicted octanol–water partition coefficient (Wildman–Crippen LogP) is 3.77. The van der Waals surface area contributed by atoms with Gasteiger partial charge in [0.15, 0.2) is 0 Å². The summed E-state index contributed by atoms with van der Waals surface area (Å²) in [6.07, 6.45) is 0. The van der Waals surface area contributed by atoms with E-state index < -0.39 is 6.03 Å². The highest BCUT2D eigenvalue weighted by molar-refractivity contribution is 6.06. The van der Waals surface area contributed by atoms with E-state index in [-0.39, 0.29) is 0 Å². The molecule has 0 bridgehead atoms. The standard InChI is InChI=1S/C18H17N3O2/c1-12-10-17(15-8-3-4-9-16(15)20-12)21(18(19)22)13-6-5-7-14(11-13)23-2/h3-11H,1-2H3,(H2,19,22). The molecule has 0 fully saturated rings. The molecule has 3 rings (SSSR count). The number of hydrogen-bond donors (Lipinski definition) is 1. The average Bonchev–Trinajstić information content (AvgIpc) is 2.54. The van der Waals surface area contributed by atoms with Gasteiger partial charge in [-0.3, -0.25) is 9.88 Å². The monoisotopic (exact) mass is 307 g/mol. The summed E-state index contributed by atoms with van der Waals surface area (Å²) in [5.74, 6) is 0.656. The van der Waals surface area contributed by atoms with Crippen molar-refractivity contribution in [3.8, 4) is 5.75 Å². The summed E-state index contributed by atoms with van der Waals surface area (Å²) < 4.78 is 5.24. The second-order valence-corrected chi connectivity index (χ2v) is 5.18. The fraction of sp³-hybridized carbons (Fsp3) is 0.111. The lowest BCUT2D eigenvalue weighted by molar-refractivity contribution is 0.256. The maximum atomic E-state index is 12.1. The molecule has 23 heavy (non-hydrogen) atoms. The van der Waals surface area contributed by atoms with Crippen molar-refractivity contribution in [2.24, 2.45) is 5.73 Å². The summed E-state index contributed by atoms with van der Waals surface area (Å²) in [7, 11) is 1.58. The molecule has 0 saturated heterocycles. The van der Waals surface area contributed by atoms with E-state index in [4.69, 9.17) is 10.5 Å². The van der Waals surface area contributed by atoms with Crippen LogP contribution in [0.5, 0.6) is 5.75 Å². The van der Waals surface area contributed by atoms with Crippen molar-refractivity contribution in [2.45, 2.75) is 6.92 Å². The Hall–Kier alpha value is -3.08. The Balaban J connectivity index is 2.25. The number of urea groups is 1. The Morgan fingerprint density at radius 2 is 1.91 bits per heavy atom. The number of para-hydroxylation sites is 1. The molecule has 0 atom stereocenters. The summed E-state index contributed by atoms with van der Waals surface area (Å²) in [6.45, 7) is 1.89. The van der Waals surface area contributed by atoms with Gasteiger partial charge in [0, 0.05) is 17.1 Å². The van der Waals surface area contributed by atoms with E-state index >= 15 is 0 Å². The number of hydrogen-bond acceptors (Lipinski definition) is 3. The Morgan fingerprint density at radius 1 is 1.13 bits per heavy atom. The van der Waals surface area contributed by atoms with Gasteiger partial charge < -0.3 is 10.5 Å². The first kappa shape index (κ1) is 14.8. The van der Waals surface area contributed by atoms with Crippen LogP contribution in [-0.4, -0.2) is 18.1 Å². The lowest BCUT2D eigenvalue weighted by Crippen LogP contribution is -2.31. The van der Waals surface area contributed by atoms with Crippen molar-refractivity contribution < 1.29 is 9.53 Å². The molecule has 2 amide bonds. The first-order valence-corrected chi connectivity index (χ1v) is 7.20. The second kappa shape index (κ2) is 5.96. The molecule has 0 unspecified atom stereocenters. The van der Waals surface area contributed by atoms with Gasteiger partial charge in [-0.15, -0.1) is 0 Å². The highest BCUT2D eigenvalue weighted by Crippen LogP contribution is 2.33. The van der Waals surface area contributed by atoms with Crippen molar-refractivity contribution in [1.82, 2.24) is 4.98 Å². The van der Waals surface area contributed by atoms with E-state index in [0.29, 0.717) is 17.1 Å². The van der Waals surface area contributed by atoms with Gasteiger partial charge in [-0.05, 0) is 31.2 Å². The predicted molar refractivity (Wildman–Crippen MR) is 91.2 cm³/mol. The Morgan fingerprint density at radius 3 is 2.65 bits per heavy atom. The number of primary amides is 1. The van der Waals surface area contributed by atoms with Gasteiger partial charge in [-0.1, -0.05) is 24.3 Å². The molecular weight excluding hydrogens is 290 g/mol. The van der Waals surface area contributed by atoms with Crippen LogP contribution in [0.25, 0.3) is 10.9 Å². The van der Waals surface area contributed by atoms with E-state index in [9.17, 15) is 4.79 Å². The lowest BCUT2D eigenvalue weighted by atomic mass is 10.1. The third kappa shape index (κ3) is 2.81. The quantitative estimate of drug-likeness (QED) is 0.801. The minimum atomic E-state index is -0.561. The minimum Gasteiger partial charge on any atom is -0.497 e. The lowest BCUT2D eigenvalue weighted by Gasteiger charge is -2.23. The van der Waals surface area contributed by atoms with Crippen molar-refractivity contribution in [1.29, 1.82) is 0 Å². The third-order valence-corrected chi connectivity index (χ3v) is 3.60. The molecule has 1 aromatic heterocycles. The van der Waals surface area contributed by atoms with E-state index in [1.54, 1.807) is 13.2 Å². The van der Waals surface area contributed by atoms with Gasteiger partial charge in [0.25, 0.3) is 0 Å². The summed E-state index contributed by atoms with van der Waals surface area (Å²) in [6, 6.07) is 16.2. The van der Waals surface area contributed by atoms with Crippen molar-refractivity contribution in [3.63, 3.8) is 0 Å². The van der Waals surface area contributed by atoms with Crippen LogP contribution >= 0.6 is 0 Å². The number of aryl methyl sites for hydroxylation is 1. The molecule has 116 valence electrons. The highest BCUT2D eigenvalue weighted by Gasteiger charge is 2.19. The maximum absolute atomic E-state index is 12.1. The average molecular weight is 307 g/mol. The molecule has 0 aliphatic carbocycles. The maximum Gasteiger partial charge on any atom is 0.323 e. The van der Waals surface area contributed by atoms with Crippen molar-refractivity contribution >= 4 is 28.3 Å². The SMILES string of the molecule is COc1cccc(N(C(N)=O)c2cc(C)nc3ccccc23)c1. The molecule has 0 spiro atoms. The highest BCUT2D eigenvalue weighted by atomic mass is 16.5. The number of anilines is 2. The normalized spacial score (nSPS) is 10.5. The first-order valence-electron chi connectivity index (χ1n) is 7.20. The molecule has 0 saturated carbocycles. The fourth-order valence-corrected chi connectivity index (χ4v) is 2.61. The van der Waals surface area contributed by atoms with Crippen LogP contribution in [0.1, 0.15) is 5.69 Å². The van der Waals surface area contributed by atoms with Crippen molar-refractivity contribution in [3.05, 3.63) is 60.3 Å². The van der Waals surface area contributed by atoms with Gasteiger partial charge in [-0.2, -0.15) is 0 Å². The largest absolute Gasteiger partial charge is 0.497 e. The zero-order valence-corrected chi connectivity index (χ0v) is 13.0. The number of amides is 2. The summed E-state index contributed by atoms with van der Waals surface area (Å²) in [5.41, 5.74) is 8.64. The van der Waals surface area contributed by atoms with Crippen LogP contribution in [-0.2, 0) is 0 Å². The number of methoxy groups -OCH3 is 1. The molecule has 0 radical (unpaired) electrons. The van der Waals surface area contributed by atoms with Crippen LogP contribution in [0.2, 0.25) is 0 Å². The number of fused-ring (bicyclic) bond motifs is 1. The number of nitrogens with two attached hydrogens (primary N) is 1. The van der Waals surface area contributed by atoms with Gasteiger partial charge in [-0.25, -0.2) is 4.79 Å². The number of ether oxygens (including phenoxy) is 1. The topological polar surface area (TPSA) is 68.5 Å². The molecule has 1 heterocycles.